The summed E-state index contributed by atoms with van der Waals surface area (Å²) in [5.74, 6) is 1.53. The maximum atomic E-state index is 5.61. The lowest BCUT2D eigenvalue weighted by atomic mass is 10.2. The summed E-state index contributed by atoms with van der Waals surface area (Å²) >= 11 is 1.44. The molecule has 6 nitrogen and oxygen atoms in total. The molecule has 0 aromatic carbocycles. The highest BCUT2D eigenvalue weighted by molar-refractivity contribution is 7.13. The molecule has 0 radical (unpaired) electrons. The summed E-state index contributed by atoms with van der Waals surface area (Å²) in [6, 6.07) is 0. The fourth-order valence-electron chi connectivity index (χ4n) is 1.56. The van der Waals surface area contributed by atoms with Crippen LogP contribution in [0.1, 0.15) is 17.0 Å². The van der Waals surface area contributed by atoms with Crippen molar-refractivity contribution in [3.05, 3.63) is 22.3 Å². The molecule has 2 aromatic heterocycles. The SMILES string of the molecule is Cc1nc(N(C)C)nc(NCc2csc(N)n2)c1C. The molecule has 0 saturated carbocycles. The van der Waals surface area contributed by atoms with Gasteiger partial charge in [0.25, 0.3) is 0 Å². The molecule has 0 unspecified atom stereocenters. The number of hydrogen-bond acceptors (Lipinski definition) is 7. The summed E-state index contributed by atoms with van der Waals surface area (Å²) in [6.07, 6.45) is 0. The van der Waals surface area contributed by atoms with E-state index in [1.54, 1.807) is 0 Å². The monoisotopic (exact) mass is 278 g/mol. The number of nitrogen functional groups attached to an aromatic ring is 1. The molecule has 102 valence electrons. The lowest BCUT2D eigenvalue weighted by molar-refractivity contribution is 0.949. The van der Waals surface area contributed by atoms with Crippen molar-refractivity contribution >= 4 is 28.2 Å². The standard InChI is InChI=1S/C12H18N6S/c1-7-8(2)15-12(18(3)4)17-10(7)14-5-9-6-19-11(13)16-9/h6H,5H2,1-4H3,(H2,13,16)(H,14,15,17). The van der Waals surface area contributed by atoms with E-state index >= 15 is 0 Å². The van der Waals surface area contributed by atoms with Gasteiger partial charge in [-0.25, -0.2) is 9.97 Å². The Labute approximate surface area is 116 Å². The van der Waals surface area contributed by atoms with Crippen molar-refractivity contribution in [3.63, 3.8) is 0 Å². The van der Waals surface area contributed by atoms with E-state index in [0.29, 0.717) is 17.6 Å². The van der Waals surface area contributed by atoms with Crippen LogP contribution in [0.15, 0.2) is 5.38 Å². The molecule has 0 bridgehead atoms. The van der Waals surface area contributed by atoms with Crippen molar-refractivity contribution in [2.45, 2.75) is 20.4 Å². The number of aryl methyl sites for hydroxylation is 1. The quantitative estimate of drug-likeness (QED) is 0.888. The first-order chi connectivity index (χ1) is 8.97. The number of nitrogens with one attached hydrogen (secondary N) is 1. The minimum atomic E-state index is 0.585. The summed E-state index contributed by atoms with van der Waals surface area (Å²) in [5.41, 5.74) is 8.55. The molecule has 19 heavy (non-hydrogen) atoms. The Hall–Kier alpha value is -1.89. The molecule has 0 aliphatic heterocycles. The highest BCUT2D eigenvalue weighted by Gasteiger charge is 2.09. The minimum absolute atomic E-state index is 0.585. The van der Waals surface area contributed by atoms with Crippen LogP contribution in [0.4, 0.5) is 16.9 Å². The van der Waals surface area contributed by atoms with Gasteiger partial charge in [0.15, 0.2) is 5.13 Å². The number of anilines is 3. The van der Waals surface area contributed by atoms with Crippen molar-refractivity contribution in [2.75, 3.05) is 30.0 Å². The molecule has 2 heterocycles. The van der Waals surface area contributed by atoms with E-state index in [1.807, 2.05) is 38.2 Å². The van der Waals surface area contributed by atoms with E-state index in [2.05, 4.69) is 20.3 Å². The predicted molar refractivity (Wildman–Crippen MR) is 79.7 cm³/mol. The highest BCUT2D eigenvalue weighted by Crippen LogP contribution is 2.19. The third-order valence-corrected chi connectivity index (χ3v) is 3.51. The molecule has 0 aliphatic rings. The molecule has 0 atom stereocenters. The van der Waals surface area contributed by atoms with Gasteiger partial charge in [0, 0.05) is 30.7 Å². The minimum Gasteiger partial charge on any atom is -0.375 e. The molecular formula is C12H18N6S. The average Bonchev–Trinajstić information content (AvgIpc) is 2.76. The van der Waals surface area contributed by atoms with Gasteiger partial charge in [-0.3, -0.25) is 0 Å². The van der Waals surface area contributed by atoms with E-state index in [4.69, 9.17) is 5.73 Å². The van der Waals surface area contributed by atoms with Crippen LogP contribution in [0, 0.1) is 13.8 Å². The molecular weight excluding hydrogens is 260 g/mol. The van der Waals surface area contributed by atoms with Gasteiger partial charge in [-0.1, -0.05) is 0 Å². The van der Waals surface area contributed by atoms with Gasteiger partial charge in [-0.05, 0) is 13.8 Å². The van der Waals surface area contributed by atoms with E-state index < -0.39 is 0 Å². The van der Waals surface area contributed by atoms with Crippen LogP contribution >= 0.6 is 11.3 Å². The summed E-state index contributed by atoms with van der Waals surface area (Å²) in [5, 5.41) is 5.82. The van der Waals surface area contributed by atoms with Crippen LogP contribution in [-0.2, 0) is 6.54 Å². The first kappa shape index (κ1) is 13.5. The summed E-state index contributed by atoms with van der Waals surface area (Å²) in [4.78, 5) is 15.0. The van der Waals surface area contributed by atoms with Gasteiger partial charge in [0.1, 0.15) is 5.82 Å². The lowest BCUT2D eigenvalue weighted by Gasteiger charge is -2.15. The van der Waals surface area contributed by atoms with Crippen LogP contribution in [0.25, 0.3) is 0 Å². The molecule has 2 rings (SSSR count). The Bertz CT molecular complexity index is 578. The first-order valence-corrected chi connectivity index (χ1v) is 6.81. The largest absolute Gasteiger partial charge is 0.375 e. The van der Waals surface area contributed by atoms with Gasteiger partial charge >= 0.3 is 0 Å². The van der Waals surface area contributed by atoms with Gasteiger partial charge in [0.05, 0.1) is 12.2 Å². The molecule has 0 fully saturated rings. The highest BCUT2D eigenvalue weighted by atomic mass is 32.1. The number of nitrogens with zero attached hydrogens (tertiary/aromatic N) is 4. The zero-order chi connectivity index (χ0) is 14.0. The van der Waals surface area contributed by atoms with Crippen LogP contribution in [0.3, 0.4) is 0 Å². The van der Waals surface area contributed by atoms with Gasteiger partial charge in [0.2, 0.25) is 5.95 Å². The summed E-state index contributed by atoms with van der Waals surface area (Å²) < 4.78 is 0. The molecule has 0 aliphatic carbocycles. The van der Waals surface area contributed by atoms with Gasteiger partial charge < -0.3 is 16.0 Å². The molecule has 2 aromatic rings. The van der Waals surface area contributed by atoms with Crippen molar-refractivity contribution in [1.29, 1.82) is 0 Å². The van der Waals surface area contributed by atoms with Gasteiger partial charge in [-0.15, -0.1) is 11.3 Å². The fraction of sp³-hybridized carbons (Fsp3) is 0.417. The Morgan fingerprint density at radius 2 is 2.00 bits per heavy atom. The topological polar surface area (TPSA) is 80.0 Å². The Morgan fingerprint density at radius 1 is 1.26 bits per heavy atom. The van der Waals surface area contributed by atoms with Crippen molar-refractivity contribution in [3.8, 4) is 0 Å². The van der Waals surface area contributed by atoms with Crippen molar-refractivity contribution in [2.24, 2.45) is 0 Å². The molecule has 3 N–H and O–H groups in total. The third-order valence-electron chi connectivity index (χ3n) is 2.78. The van der Waals surface area contributed by atoms with Crippen LogP contribution in [0.5, 0.6) is 0 Å². The third kappa shape index (κ3) is 3.11. The predicted octanol–water partition coefficient (Wildman–Crippen LogP) is 1.81. The maximum absolute atomic E-state index is 5.61. The van der Waals surface area contributed by atoms with Gasteiger partial charge in [-0.2, -0.15) is 4.98 Å². The summed E-state index contributed by atoms with van der Waals surface area (Å²) in [6.45, 7) is 4.60. The number of rotatable bonds is 4. The van der Waals surface area contributed by atoms with Crippen LogP contribution < -0.4 is 16.0 Å². The first-order valence-electron chi connectivity index (χ1n) is 5.93. The maximum Gasteiger partial charge on any atom is 0.227 e. The average molecular weight is 278 g/mol. The second-order valence-corrected chi connectivity index (χ2v) is 5.40. The Kier molecular flexibility index (Phi) is 3.84. The number of thiazole rings is 1. The number of nitrogens with two attached hydrogens (primary N) is 1. The smallest absolute Gasteiger partial charge is 0.227 e. The number of hydrogen-bond donors (Lipinski definition) is 2. The van der Waals surface area contributed by atoms with Crippen molar-refractivity contribution < 1.29 is 0 Å². The zero-order valence-corrected chi connectivity index (χ0v) is 12.4. The van der Waals surface area contributed by atoms with E-state index in [-0.39, 0.29) is 0 Å². The molecule has 0 amide bonds. The van der Waals surface area contributed by atoms with E-state index in [0.717, 1.165) is 22.8 Å². The molecule has 0 saturated heterocycles. The second kappa shape index (κ2) is 5.40. The van der Waals surface area contributed by atoms with Crippen LogP contribution in [-0.4, -0.2) is 29.0 Å². The Morgan fingerprint density at radius 3 is 2.58 bits per heavy atom. The van der Waals surface area contributed by atoms with E-state index in [9.17, 15) is 0 Å². The van der Waals surface area contributed by atoms with E-state index in [1.165, 1.54) is 11.3 Å². The number of aromatic nitrogens is 3. The fourth-order valence-corrected chi connectivity index (χ4v) is 2.13. The Balaban J connectivity index is 2.19. The lowest BCUT2D eigenvalue weighted by Crippen LogP contribution is -2.16. The van der Waals surface area contributed by atoms with Crippen molar-refractivity contribution in [1.82, 2.24) is 15.0 Å². The molecule has 0 spiro atoms. The van der Waals surface area contributed by atoms with Crippen LogP contribution in [0.2, 0.25) is 0 Å². The molecule has 7 heteroatoms. The summed E-state index contributed by atoms with van der Waals surface area (Å²) in [7, 11) is 3.85. The second-order valence-electron chi connectivity index (χ2n) is 4.51. The normalized spacial score (nSPS) is 10.5. The zero-order valence-electron chi connectivity index (χ0n) is 11.6.